The second-order valence-electron chi connectivity index (χ2n) is 4.18. The number of para-hydroxylation sites is 2. The largest absolute Gasteiger partial charge is 0.333 e. The van der Waals surface area contributed by atoms with Gasteiger partial charge in [-0.15, -0.1) is 0 Å². The molecule has 0 atom stereocenters. The molecule has 0 fully saturated rings. The van der Waals surface area contributed by atoms with Gasteiger partial charge in [0.1, 0.15) is 0 Å². The second-order valence-corrected chi connectivity index (χ2v) is 5.19. The highest BCUT2D eigenvalue weighted by Crippen LogP contribution is 2.19. The van der Waals surface area contributed by atoms with Crippen LogP contribution in [0.4, 0.5) is 0 Å². The van der Waals surface area contributed by atoms with Gasteiger partial charge in [-0.05, 0) is 17.7 Å². The number of H-pyrrole nitrogens is 1. The summed E-state index contributed by atoms with van der Waals surface area (Å²) in [6, 6.07) is 18.4. The van der Waals surface area contributed by atoms with E-state index in [1.165, 1.54) is 5.56 Å². The van der Waals surface area contributed by atoms with Gasteiger partial charge in [0.25, 0.3) is 0 Å². The first-order chi connectivity index (χ1) is 9.42. The van der Waals surface area contributed by atoms with Crippen LogP contribution in [-0.2, 0) is 0 Å². The number of aromatic amines is 1. The average Bonchev–Trinajstić information content (AvgIpc) is 2.87. The molecule has 0 aliphatic heterocycles. The maximum atomic E-state index is 4.53. The van der Waals surface area contributed by atoms with Crippen LogP contribution >= 0.6 is 11.8 Å². The van der Waals surface area contributed by atoms with Crippen molar-refractivity contribution in [1.29, 1.82) is 0 Å². The van der Waals surface area contributed by atoms with E-state index in [9.17, 15) is 0 Å². The predicted octanol–water partition coefficient (Wildman–Crippen LogP) is 4.37. The van der Waals surface area contributed by atoms with E-state index in [0.29, 0.717) is 0 Å². The van der Waals surface area contributed by atoms with Gasteiger partial charge in [0.05, 0.1) is 11.0 Å². The number of imidazole rings is 1. The Labute approximate surface area is 116 Å². The minimum absolute atomic E-state index is 0.911. The first-order valence-corrected chi connectivity index (χ1v) is 7.19. The molecule has 19 heavy (non-hydrogen) atoms. The second kappa shape index (κ2) is 5.76. The van der Waals surface area contributed by atoms with Gasteiger partial charge >= 0.3 is 0 Å². The van der Waals surface area contributed by atoms with Crippen molar-refractivity contribution in [2.45, 2.75) is 5.16 Å². The monoisotopic (exact) mass is 266 g/mol. The van der Waals surface area contributed by atoms with E-state index in [4.69, 9.17) is 0 Å². The lowest BCUT2D eigenvalue weighted by Gasteiger charge is -1.92. The number of hydrogen-bond acceptors (Lipinski definition) is 2. The van der Waals surface area contributed by atoms with Gasteiger partial charge in [-0.3, -0.25) is 0 Å². The zero-order valence-corrected chi connectivity index (χ0v) is 11.2. The van der Waals surface area contributed by atoms with Crippen molar-refractivity contribution < 1.29 is 0 Å². The van der Waals surface area contributed by atoms with Gasteiger partial charge in [-0.2, -0.15) is 0 Å². The lowest BCUT2D eigenvalue weighted by molar-refractivity contribution is 1.08. The summed E-state index contributed by atoms with van der Waals surface area (Å²) < 4.78 is 0. The summed E-state index contributed by atoms with van der Waals surface area (Å²) in [6.45, 7) is 0. The van der Waals surface area contributed by atoms with Crippen LogP contribution in [0.1, 0.15) is 5.56 Å². The van der Waals surface area contributed by atoms with Crippen molar-refractivity contribution in [3.63, 3.8) is 0 Å². The molecule has 0 radical (unpaired) electrons. The van der Waals surface area contributed by atoms with Gasteiger partial charge in [-0.1, -0.05) is 66.4 Å². The lowest BCUT2D eigenvalue weighted by atomic mass is 10.2. The third kappa shape index (κ3) is 3.06. The van der Waals surface area contributed by atoms with Crippen LogP contribution in [0.5, 0.6) is 0 Å². The van der Waals surface area contributed by atoms with Gasteiger partial charge in [0, 0.05) is 5.75 Å². The fraction of sp³-hybridized carbons (Fsp3) is 0.0625. The first-order valence-electron chi connectivity index (χ1n) is 6.21. The van der Waals surface area contributed by atoms with Crippen molar-refractivity contribution in [3.05, 3.63) is 66.2 Å². The minimum Gasteiger partial charge on any atom is -0.333 e. The van der Waals surface area contributed by atoms with Gasteiger partial charge < -0.3 is 4.98 Å². The van der Waals surface area contributed by atoms with E-state index < -0.39 is 0 Å². The fourth-order valence-electron chi connectivity index (χ4n) is 1.87. The molecule has 1 N–H and O–H groups in total. The highest BCUT2D eigenvalue weighted by molar-refractivity contribution is 7.99. The Kier molecular flexibility index (Phi) is 3.65. The number of fused-ring (bicyclic) bond motifs is 1. The van der Waals surface area contributed by atoms with E-state index in [1.807, 2.05) is 42.5 Å². The number of rotatable bonds is 4. The van der Waals surface area contributed by atoms with E-state index in [0.717, 1.165) is 21.9 Å². The summed E-state index contributed by atoms with van der Waals surface area (Å²) in [5.74, 6) is 0.911. The zero-order chi connectivity index (χ0) is 12.9. The number of nitrogens with zero attached hydrogens (tertiary/aromatic N) is 1. The molecule has 1 aromatic heterocycles. The van der Waals surface area contributed by atoms with E-state index in [-0.39, 0.29) is 0 Å². The first kappa shape index (κ1) is 12.1. The molecule has 0 saturated carbocycles. The van der Waals surface area contributed by atoms with Crippen LogP contribution < -0.4 is 0 Å². The summed E-state index contributed by atoms with van der Waals surface area (Å²) in [4.78, 5) is 7.84. The Balaban J connectivity index is 1.62. The minimum atomic E-state index is 0.911. The third-order valence-corrected chi connectivity index (χ3v) is 3.62. The maximum absolute atomic E-state index is 4.53. The molecule has 3 aromatic rings. The molecule has 2 nitrogen and oxygen atoms in total. The van der Waals surface area contributed by atoms with Crippen LogP contribution in [0.15, 0.2) is 65.8 Å². The Morgan fingerprint density at radius 3 is 2.63 bits per heavy atom. The molecular weight excluding hydrogens is 252 g/mol. The van der Waals surface area contributed by atoms with Crippen molar-refractivity contribution in [2.24, 2.45) is 0 Å². The van der Waals surface area contributed by atoms with Crippen LogP contribution in [0.2, 0.25) is 0 Å². The fourth-order valence-corrected chi connectivity index (χ4v) is 2.57. The molecule has 2 aromatic carbocycles. The highest BCUT2D eigenvalue weighted by atomic mass is 32.2. The van der Waals surface area contributed by atoms with Crippen molar-refractivity contribution in [2.75, 3.05) is 5.75 Å². The van der Waals surface area contributed by atoms with Crippen molar-refractivity contribution in [1.82, 2.24) is 9.97 Å². The summed E-state index contributed by atoms with van der Waals surface area (Å²) in [5.41, 5.74) is 3.35. The van der Waals surface area contributed by atoms with E-state index in [2.05, 4.69) is 34.3 Å². The van der Waals surface area contributed by atoms with E-state index in [1.54, 1.807) is 11.8 Å². The molecule has 0 aliphatic rings. The maximum Gasteiger partial charge on any atom is 0.166 e. The molecule has 0 spiro atoms. The molecule has 3 heteroatoms. The Bertz CT molecular complexity index is 653. The molecule has 94 valence electrons. The summed E-state index contributed by atoms with van der Waals surface area (Å²) >= 11 is 1.71. The van der Waals surface area contributed by atoms with Gasteiger partial charge in [0.15, 0.2) is 5.16 Å². The zero-order valence-electron chi connectivity index (χ0n) is 10.4. The molecule has 0 amide bonds. The predicted molar refractivity (Wildman–Crippen MR) is 82.3 cm³/mol. The third-order valence-electron chi connectivity index (χ3n) is 2.79. The SMILES string of the molecule is C(=C\c1ccccc1)/CSc1nc2ccccc2[nH]1. The summed E-state index contributed by atoms with van der Waals surface area (Å²) in [6.07, 6.45) is 4.29. The molecule has 0 aliphatic carbocycles. The topological polar surface area (TPSA) is 28.7 Å². The molecular formula is C16H14N2S. The number of nitrogens with one attached hydrogen (secondary N) is 1. The summed E-state index contributed by atoms with van der Waals surface area (Å²) in [7, 11) is 0. The Morgan fingerprint density at radius 2 is 1.79 bits per heavy atom. The summed E-state index contributed by atoms with van der Waals surface area (Å²) in [5, 5.41) is 0.971. The van der Waals surface area contributed by atoms with E-state index >= 15 is 0 Å². The highest BCUT2D eigenvalue weighted by Gasteiger charge is 2.00. The van der Waals surface area contributed by atoms with Crippen LogP contribution in [0, 0.1) is 0 Å². The standard InChI is InChI=1S/C16H14N2S/c1-2-7-13(8-3-1)9-6-12-19-16-17-14-10-4-5-11-15(14)18-16/h1-11H,12H2,(H,17,18)/b9-6+. The van der Waals surface area contributed by atoms with Gasteiger partial charge in [-0.25, -0.2) is 4.98 Å². The van der Waals surface area contributed by atoms with Crippen molar-refractivity contribution in [3.8, 4) is 0 Å². The number of hydrogen-bond donors (Lipinski definition) is 1. The van der Waals surface area contributed by atoms with Crippen LogP contribution in [0.25, 0.3) is 17.1 Å². The lowest BCUT2D eigenvalue weighted by Crippen LogP contribution is -1.76. The van der Waals surface area contributed by atoms with Gasteiger partial charge in [0.2, 0.25) is 0 Å². The molecule has 0 unspecified atom stereocenters. The molecule has 3 rings (SSSR count). The van der Waals surface area contributed by atoms with Crippen molar-refractivity contribution >= 4 is 28.9 Å². The average molecular weight is 266 g/mol. The number of thioether (sulfide) groups is 1. The Morgan fingerprint density at radius 1 is 1.00 bits per heavy atom. The normalized spacial score (nSPS) is 11.4. The molecule has 0 bridgehead atoms. The smallest absolute Gasteiger partial charge is 0.166 e. The van der Waals surface area contributed by atoms with Crippen LogP contribution in [0.3, 0.4) is 0 Å². The molecule has 1 heterocycles. The number of benzene rings is 2. The van der Waals surface area contributed by atoms with Crippen LogP contribution in [-0.4, -0.2) is 15.7 Å². The quantitative estimate of drug-likeness (QED) is 0.710. The molecule has 0 saturated heterocycles. The Hall–Kier alpha value is -2.00. The number of aromatic nitrogens is 2.